The Kier molecular flexibility index (Phi) is 2.43. The molecule has 2 fully saturated rings. The van der Waals surface area contributed by atoms with Crippen molar-refractivity contribution in [3.63, 3.8) is 0 Å². The van der Waals surface area contributed by atoms with Crippen molar-refractivity contribution in [3.05, 3.63) is 30.1 Å². The molecule has 3 rings (SSSR count). The van der Waals surface area contributed by atoms with Crippen LogP contribution in [-0.4, -0.2) is 17.6 Å². The highest BCUT2D eigenvalue weighted by Crippen LogP contribution is 2.36. The van der Waals surface area contributed by atoms with Crippen LogP contribution in [0.15, 0.2) is 24.5 Å². The van der Waals surface area contributed by atoms with Crippen LogP contribution >= 0.6 is 0 Å². The molecule has 1 aromatic rings. The van der Waals surface area contributed by atoms with Gasteiger partial charge < -0.3 is 0 Å². The van der Waals surface area contributed by atoms with E-state index in [0.29, 0.717) is 6.04 Å². The van der Waals surface area contributed by atoms with Crippen LogP contribution in [0.2, 0.25) is 0 Å². The maximum absolute atomic E-state index is 4.08. The van der Waals surface area contributed by atoms with Gasteiger partial charge >= 0.3 is 0 Å². The largest absolute Gasteiger partial charge is 0.265 e. The summed E-state index contributed by atoms with van der Waals surface area (Å²) in [7, 11) is 0. The molecule has 0 radical (unpaired) electrons. The van der Waals surface area contributed by atoms with Gasteiger partial charge in [0.05, 0.1) is 0 Å². The molecule has 2 N–H and O–H groups in total. The Balaban J connectivity index is 1.74. The summed E-state index contributed by atoms with van der Waals surface area (Å²) >= 11 is 0. The molecule has 0 amide bonds. The molecule has 2 aliphatic rings. The SMILES string of the molecule is c1cc(C2CCC3CNNC3C2)ccn1. The van der Waals surface area contributed by atoms with E-state index in [1.807, 2.05) is 12.4 Å². The van der Waals surface area contributed by atoms with Gasteiger partial charge in [-0.15, -0.1) is 0 Å². The lowest BCUT2D eigenvalue weighted by Gasteiger charge is -2.30. The summed E-state index contributed by atoms with van der Waals surface area (Å²) in [5.41, 5.74) is 8.12. The number of rotatable bonds is 1. The molecule has 80 valence electrons. The lowest BCUT2D eigenvalue weighted by atomic mass is 9.77. The van der Waals surface area contributed by atoms with Crippen molar-refractivity contribution in [1.29, 1.82) is 0 Å². The van der Waals surface area contributed by atoms with Crippen molar-refractivity contribution in [1.82, 2.24) is 15.8 Å². The Bertz CT molecular complexity index is 325. The topological polar surface area (TPSA) is 37.0 Å². The van der Waals surface area contributed by atoms with Crippen LogP contribution in [0.25, 0.3) is 0 Å². The van der Waals surface area contributed by atoms with Gasteiger partial charge in [-0.3, -0.25) is 15.8 Å². The number of hydrogen-bond donors (Lipinski definition) is 2. The van der Waals surface area contributed by atoms with Crippen molar-refractivity contribution in [2.24, 2.45) is 5.92 Å². The van der Waals surface area contributed by atoms with Crippen molar-refractivity contribution in [3.8, 4) is 0 Å². The number of nitrogens with one attached hydrogen (secondary N) is 2. The van der Waals surface area contributed by atoms with Gasteiger partial charge in [-0.25, -0.2) is 0 Å². The highest BCUT2D eigenvalue weighted by Gasteiger charge is 2.33. The zero-order valence-corrected chi connectivity index (χ0v) is 8.82. The van der Waals surface area contributed by atoms with Gasteiger partial charge in [0.25, 0.3) is 0 Å². The minimum atomic E-state index is 0.678. The van der Waals surface area contributed by atoms with Crippen LogP contribution in [-0.2, 0) is 0 Å². The molecule has 3 heteroatoms. The predicted molar refractivity (Wildman–Crippen MR) is 59.2 cm³/mol. The van der Waals surface area contributed by atoms with Crippen molar-refractivity contribution in [2.45, 2.75) is 31.2 Å². The van der Waals surface area contributed by atoms with E-state index in [1.165, 1.54) is 24.8 Å². The maximum Gasteiger partial charge on any atom is 0.0270 e. The Morgan fingerprint density at radius 1 is 1.20 bits per heavy atom. The first-order valence-electron chi connectivity index (χ1n) is 5.82. The summed E-state index contributed by atoms with van der Waals surface area (Å²) in [4.78, 5) is 4.08. The van der Waals surface area contributed by atoms with Crippen molar-refractivity contribution < 1.29 is 0 Å². The Hall–Kier alpha value is -0.930. The van der Waals surface area contributed by atoms with Crippen molar-refractivity contribution >= 4 is 0 Å². The molecule has 0 spiro atoms. The lowest BCUT2D eigenvalue weighted by molar-refractivity contribution is 0.303. The highest BCUT2D eigenvalue weighted by atomic mass is 15.4. The molecule has 1 saturated carbocycles. The van der Waals surface area contributed by atoms with E-state index >= 15 is 0 Å². The lowest BCUT2D eigenvalue weighted by Crippen LogP contribution is -2.35. The number of pyridine rings is 1. The Labute approximate surface area is 90.3 Å². The molecular formula is C12H17N3. The van der Waals surface area contributed by atoms with E-state index < -0.39 is 0 Å². The molecule has 3 unspecified atom stereocenters. The summed E-state index contributed by atoms with van der Waals surface area (Å²) in [6.45, 7) is 1.15. The molecule has 1 aromatic heterocycles. The van der Waals surface area contributed by atoms with Crippen LogP contribution < -0.4 is 10.9 Å². The highest BCUT2D eigenvalue weighted by molar-refractivity contribution is 5.17. The second kappa shape index (κ2) is 3.91. The van der Waals surface area contributed by atoms with Crippen molar-refractivity contribution in [2.75, 3.05) is 6.54 Å². The maximum atomic E-state index is 4.08. The number of fused-ring (bicyclic) bond motifs is 1. The van der Waals surface area contributed by atoms with E-state index in [2.05, 4.69) is 28.0 Å². The third kappa shape index (κ3) is 1.77. The van der Waals surface area contributed by atoms with E-state index in [-0.39, 0.29) is 0 Å². The average Bonchev–Trinajstić information content (AvgIpc) is 2.77. The molecule has 1 aliphatic carbocycles. The zero-order chi connectivity index (χ0) is 10.1. The molecule has 3 atom stereocenters. The van der Waals surface area contributed by atoms with Gasteiger partial charge in [0, 0.05) is 25.0 Å². The number of nitrogens with zero attached hydrogens (tertiary/aromatic N) is 1. The minimum absolute atomic E-state index is 0.678. The van der Waals surface area contributed by atoms with Crippen LogP contribution in [0.1, 0.15) is 30.7 Å². The first-order chi connectivity index (χ1) is 7.43. The Morgan fingerprint density at radius 2 is 2.07 bits per heavy atom. The minimum Gasteiger partial charge on any atom is -0.265 e. The fourth-order valence-electron chi connectivity index (χ4n) is 2.91. The van der Waals surface area contributed by atoms with Gasteiger partial charge in [-0.05, 0) is 48.8 Å². The summed E-state index contributed by atoms with van der Waals surface area (Å²) in [5, 5.41) is 0. The number of hydrogen-bond acceptors (Lipinski definition) is 3. The first kappa shape index (κ1) is 9.31. The molecule has 0 aromatic carbocycles. The van der Waals surface area contributed by atoms with Crippen LogP contribution in [0, 0.1) is 5.92 Å². The fourth-order valence-corrected chi connectivity index (χ4v) is 2.91. The molecule has 1 saturated heterocycles. The average molecular weight is 203 g/mol. The molecular weight excluding hydrogens is 186 g/mol. The summed E-state index contributed by atoms with van der Waals surface area (Å²) in [6, 6.07) is 5.00. The van der Waals surface area contributed by atoms with Gasteiger partial charge in [0.1, 0.15) is 0 Å². The monoisotopic (exact) mass is 203 g/mol. The second-order valence-corrected chi connectivity index (χ2v) is 4.68. The Morgan fingerprint density at radius 3 is 2.93 bits per heavy atom. The molecule has 1 aliphatic heterocycles. The van der Waals surface area contributed by atoms with Crippen LogP contribution in [0.4, 0.5) is 0 Å². The van der Waals surface area contributed by atoms with Crippen LogP contribution in [0.3, 0.4) is 0 Å². The second-order valence-electron chi connectivity index (χ2n) is 4.68. The normalized spacial score (nSPS) is 35.1. The third-order valence-electron chi connectivity index (χ3n) is 3.82. The van der Waals surface area contributed by atoms with Gasteiger partial charge in [-0.2, -0.15) is 0 Å². The molecule has 3 nitrogen and oxygen atoms in total. The fraction of sp³-hybridized carbons (Fsp3) is 0.583. The summed E-state index contributed by atoms with van der Waals surface area (Å²) < 4.78 is 0. The number of hydrazine groups is 1. The quantitative estimate of drug-likeness (QED) is 0.725. The molecule has 0 bridgehead atoms. The predicted octanol–water partition coefficient (Wildman–Crippen LogP) is 1.44. The smallest absolute Gasteiger partial charge is 0.0270 e. The van der Waals surface area contributed by atoms with Gasteiger partial charge in [0.2, 0.25) is 0 Å². The third-order valence-corrected chi connectivity index (χ3v) is 3.82. The van der Waals surface area contributed by atoms with Crippen LogP contribution in [0.5, 0.6) is 0 Å². The zero-order valence-electron chi connectivity index (χ0n) is 8.82. The first-order valence-corrected chi connectivity index (χ1v) is 5.82. The van der Waals surface area contributed by atoms with E-state index in [9.17, 15) is 0 Å². The van der Waals surface area contributed by atoms with E-state index in [0.717, 1.165) is 18.4 Å². The standard InChI is InChI=1S/C12H17N3/c1-2-11-8-14-15-12(11)7-10(1)9-3-5-13-6-4-9/h3-6,10-12,14-15H,1-2,7-8H2. The molecule has 2 heterocycles. The summed E-state index contributed by atoms with van der Waals surface area (Å²) in [5.74, 6) is 1.57. The van der Waals surface area contributed by atoms with E-state index in [1.54, 1.807) is 0 Å². The summed E-state index contributed by atoms with van der Waals surface area (Å²) in [6.07, 6.45) is 7.75. The van der Waals surface area contributed by atoms with E-state index in [4.69, 9.17) is 0 Å². The van der Waals surface area contributed by atoms with Gasteiger partial charge in [0.15, 0.2) is 0 Å². The molecule has 15 heavy (non-hydrogen) atoms. The van der Waals surface area contributed by atoms with Gasteiger partial charge in [-0.1, -0.05) is 0 Å². The number of aromatic nitrogens is 1.